The highest BCUT2D eigenvalue weighted by Gasteiger charge is 2.20. The van der Waals surface area contributed by atoms with Crippen molar-refractivity contribution in [1.82, 2.24) is 9.38 Å². The second kappa shape index (κ2) is 4.41. The van der Waals surface area contributed by atoms with Crippen LogP contribution in [0.2, 0.25) is 0 Å². The number of benzene rings is 1. The molecule has 0 bridgehead atoms. The number of hydrogen-bond acceptors (Lipinski definition) is 2. The third kappa shape index (κ3) is 1.91. The van der Waals surface area contributed by atoms with Gasteiger partial charge < -0.3 is 5.11 Å². The molecular weight excluding hydrogens is 266 g/mol. The summed E-state index contributed by atoms with van der Waals surface area (Å²) < 4.78 is 27.7. The Morgan fingerprint density at radius 1 is 1.15 bits per heavy atom. The molecule has 0 aliphatic heterocycles. The van der Waals surface area contributed by atoms with Gasteiger partial charge in [0.25, 0.3) is 0 Å². The lowest BCUT2D eigenvalue weighted by Gasteiger charge is -2.00. The molecule has 0 aliphatic rings. The minimum Gasteiger partial charge on any atom is -0.476 e. The predicted molar refractivity (Wildman–Crippen MR) is 67.5 cm³/mol. The van der Waals surface area contributed by atoms with Crippen molar-refractivity contribution < 1.29 is 18.7 Å². The molecule has 2 aromatic heterocycles. The molecule has 0 radical (unpaired) electrons. The van der Waals surface area contributed by atoms with E-state index in [0.29, 0.717) is 5.56 Å². The Bertz CT molecular complexity index is 827. The van der Waals surface area contributed by atoms with E-state index in [4.69, 9.17) is 0 Å². The molecule has 0 fully saturated rings. The summed E-state index contributed by atoms with van der Waals surface area (Å²) in [6.07, 6.45) is 1.04. The van der Waals surface area contributed by atoms with Crippen LogP contribution >= 0.6 is 0 Å². The van der Waals surface area contributed by atoms with Gasteiger partial charge in [0.1, 0.15) is 23.0 Å². The van der Waals surface area contributed by atoms with Crippen LogP contribution in [0.3, 0.4) is 0 Å². The highest BCUT2D eigenvalue weighted by atomic mass is 19.1. The van der Waals surface area contributed by atoms with Gasteiger partial charge in [-0.1, -0.05) is 12.1 Å². The molecule has 4 nitrogen and oxygen atoms in total. The molecule has 0 saturated carbocycles. The van der Waals surface area contributed by atoms with E-state index in [0.717, 1.165) is 10.6 Å². The fourth-order valence-electron chi connectivity index (χ4n) is 2.06. The molecule has 1 N–H and O–H groups in total. The van der Waals surface area contributed by atoms with Crippen LogP contribution in [0.15, 0.2) is 42.6 Å². The van der Waals surface area contributed by atoms with Crippen LogP contribution in [0, 0.1) is 11.6 Å². The van der Waals surface area contributed by atoms with E-state index in [1.54, 1.807) is 6.07 Å². The Hall–Kier alpha value is -2.76. The van der Waals surface area contributed by atoms with E-state index >= 15 is 0 Å². The van der Waals surface area contributed by atoms with Crippen LogP contribution in [0.4, 0.5) is 8.78 Å². The van der Waals surface area contributed by atoms with Gasteiger partial charge in [-0.25, -0.2) is 18.6 Å². The minimum atomic E-state index is -1.26. The highest BCUT2D eigenvalue weighted by molar-refractivity contribution is 5.94. The number of fused-ring (bicyclic) bond motifs is 1. The van der Waals surface area contributed by atoms with Crippen LogP contribution in [-0.4, -0.2) is 20.5 Å². The lowest BCUT2D eigenvalue weighted by atomic mass is 10.1. The number of aromatic carboxylic acids is 1. The number of imidazole rings is 1. The topological polar surface area (TPSA) is 54.6 Å². The summed E-state index contributed by atoms with van der Waals surface area (Å²) >= 11 is 0. The maximum absolute atomic E-state index is 13.3. The Labute approximate surface area is 111 Å². The molecule has 0 atom stereocenters. The third-order valence-corrected chi connectivity index (χ3v) is 2.88. The first-order valence-corrected chi connectivity index (χ1v) is 5.73. The van der Waals surface area contributed by atoms with Crippen molar-refractivity contribution in [2.24, 2.45) is 0 Å². The Morgan fingerprint density at radius 3 is 2.65 bits per heavy atom. The van der Waals surface area contributed by atoms with Crippen LogP contribution in [0.1, 0.15) is 10.5 Å². The number of carbonyl (C=O) groups is 1. The second-order valence-electron chi connectivity index (χ2n) is 4.20. The van der Waals surface area contributed by atoms with Crippen molar-refractivity contribution in [2.75, 3.05) is 0 Å². The molecular formula is C14H8F2N2O2. The quantitative estimate of drug-likeness (QED) is 0.781. The van der Waals surface area contributed by atoms with E-state index in [1.165, 1.54) is 30.3 Å². The van der Waals surface area contributed by atoms with Gasteiger partial charge in [0.05, 0.1) is 0 Å². The molecule has 1 aromatic carbocycles. The molecule has 0 unspecified atom stereocenters. The van der Waals surface area contributed by atoms with Crippen LogP contribution in [0.25, 0.3) is 16.9 Å². The summed E-state index contributed by atoms with van der Waals surface area (Å²) in [6, 6.07) is 7.99. The first-order valence-electron chi connectivity index (χ1n) is 5.73. The zero-order valence-corrected chi connectivity index (χ0v) is 10.0. The summed E-state index contributed by atoms with van der Waals surface area (Å²) in [5.74, 6) is -2.34. The molecule has 6 heteroatoms. The Balaban J connectivity index is 2.35. The van der Waals surface area contributed by atoms with Gasteiger partial charge in [-0.2, -0.15) is 0 Å². The largest absolute Gasteiger partial charge is 0.476 e. The number of rotatable bonds is 2. The molecule has 2 heterocycles. The van der Waals surface area contributed by atoms with Gasteiger partial charge in [-0.15, -0.1) is 0 Å². The molecule has 0 amide bonds. The first kappa shape index (κ1) is 12.3. The van der Waals surface area contributed by atoms with Crippen molar-refractivity contribution in [3.05, 3.63) is 59.9 Å². The molecule has 0 spiro atoms. The fraction of sp³-hybridized carbons (Fsp3) is 0. The molecule has 20 heavy (non-hydrogen) atoms. The van der Waals surface area contributed by atoms with Crippen molar-refractivity contribution in [3.63, 3.8) is 0 Å². The van der Waals surface area contributed by atoms with Crippen LogP contribution < -0.4 is 0 Å². The number of carboxylic acid groups (broad SMARTS) is 1. The number of halogens is 2. The minimum absolute atomic E-state index is 0.0996. The number of hydrogen-bond donors (Lipinski definition) is 1. The summed E-state index contributed by atoms with van der Waals surface area (Å²) in [4.78, 5) is 15.5. The summed E-state index contributed by atoms with van der Waals surface area (Å²) in [5, 5.41) is 9.30. The maximum atomic E-state index is 13.3. The predicted octanol–water partition coefficient (Wildman–Crippen LogP) is 2.98. The normalized spacial score (nSPS) is 10.9. The van der Waals surface area contributed by atoms with Crippen molar-refractivity contribution in [3.8, 4) is 11.3 Å². The average molecular weight is 274 g/mol. The molecule has 0 aliphatic carbocycles. The lowest BCUT2D eigenvalue weighted by molar-refractivity contribution is 0.0690. The van der Waals surface area contributed by atoms with Gasteiger partial charge in [0.15, 0.2) is 5.69 Å². The van der Waals surface area contributed by atoms with Crippen molar-refractivity contribution in [1.29, 1.82) is 0 Å². The van der Waals surface area contributed by atoms with E-state index in [9.17, 15) is 18.7 Å². The van der Waals surface area contributed by atoms with Crippen LogP contribution in [0.5, 0.6) is 0 Å². The monoisotopic (exact) mass is 274 g/mol. The van der Waals surface area contributed by atoms with E-state index in [1.807, 2.05) is 0 Å². The third-order valence-electron chi connectivity index (χ3n) is 2.88. The molecule has 0 saturated heterocycles. The number of carboxylic acids is 1. The summed E-state index contributed by atoms with van der Waals surface area (Å²) in [7, 11) is 0. The van der Waals surface area contributed by atoms with Gasteiger partial charge in [-0.05, 0) is 24.3 Å². The fourth-order valence-corrected chi connectivity index (χ4v) is 2.06. The van der Waals surface area contributed by atoms with E-state index < -0.39 is 17.6 Å². The van der Waals surface area contributed by atoms with Gasteiger partial charge in [0.2, 0.25) is 0 Å². The smallest absolute Gasteiger partial charge is 0.355 e. The summed E-state index contributed by atoms with van der Waals surface area (Å²) in [6.45, 7) is 0. The zero-order valence-electron chi connectivity index (χ0n) is 10.0. The van der Waals surface area contributed by atoms with E-state index in [-0.39, 0.29) is 17.0 Å². The SMILES string of the molecule is O=C(O)c1c(-c2cccc(F)c2)nc2ccc(F)cn12. The average Bonchev–Trinajstić information content (AvgIpc) is 2.77. The standard InChI is InChI=1S/C14H8F2N2O2/c15-9-3-1-2-8(6-9)12-13(14(19)20)18-7-10(16)4-5-11(18)17-12/h1-7H,(H,19,20). The molecule has 100 valence electrons. The zero-order chi connectivity index (χ0) is 14.3. The summed E-state index contributed by atoms with van der Waals surface area (Å²) in [5.41, 5.74) is 0.502. The number of pyridine rings is 1. The van der Waals surface area contributed by atoms with E-state index in [2.05, 4.69) is 4.98 Å². The lowest BCUT2D eigenvalue weighted by Crippen LogP contribution is -2.04. The first-order chi connectivity index (χ1) is 9.56. The number of aromatic nitrogens is 2. The van der Waals surface area contributed by atoms with Gasteiger partial charge in [0, 0.05) is 11.8 Å². The Kier molecular flexibility index (Phi) is 2.71. The van der Waals surface area contributed by atoms with Gasteiger partial charge >= 0.3 is 5.97 Å². The van der Waals surface area contributed by atoms with Gasteiger partial charge in [-0.3, -0.25) is 4.40 Å². The molecule has 3 rings (SSSR count). The van der Waals surface area contributed by atoms with Crippen LogP contribution in [-0.2, 0) is 0 Å². The van der Waals surface area contributed by atoms with Crippen molar-refractivity contribution >= 4 is 11.6 Å². The highest BCUT2D eigenvalue weighted by Crippen LogP contribution is 2.25. The second-order valence-corrected chi connectivity index (χ2v) is 4.20. The number of nitrogens with zero attached hydrogens (tertiary/aromatic N) is 2. The maximum Gasteiger partial charge on any atom is 0.355 e. The molecule has 3 aromatic rings. The Morgan fingerprint density at radius 2 is 1.95 bits per heavy atom. The van der Waals surface area contributed by atoms with Crippen molar-refractivity contribution in [2.45, 2.75) is 0 Å².